The first kappa shape index (κ1) is 33.3. The van der Waals surface area contributed by atoms with Crippen LogP contribution in [0.1, 0.15) is 117 Å². The number of halogens is 3. The fourth-order valence-corrected chi connectivity index (χ4v) is 3.63. The van der Waals surface area contributed by atoms with Gasteiger partial charge in [0.2, 0.25) is 0 Å². The Hall–Kier alpha value is -0.720. The van der Waals surface area contributed by atoms with E-state index in [1.54, 1.807) is 0 Å². The lowest BCUT2D eigenvalue weighted by molar-refractivity contribution is -0.165. The highest BCUT2D eigenvalue weighted by atomic mass is 35.6. The molecule has 6 nitrogen and oxygen atoms in total. The predicted octanol–water partition coefficient (Wildman–Crippen LogP) is 7.64. The van der Waals surface area contributed by atoms with Crippen LogP contribution < -0.4 is 0 Å². The van der Waals surface area contributed by atoms with Gasteiger partial charge in [0.05, 0.1) is 0 Å². The molecule has 34 heavy (non-hydrogen) atoms. The van der Waals surface area contributed by atoms with Gasteiger partial charge in [-0.1, -0.05) is 132 Å². The Bertz CT molecular complexity index is 551. The molecular formula is C25H43Cl3O6. The normalized spacial score (nSPS) is 12.3. The summed E-state index contributed by atoms with van der Waals surface area (Å²) in [6.07, 6.45) is 17.9. The molecule has 9 heteroatoms. The number of hydrogen-bond donors (Lipinski definition) is 0. The van der Waals surface area contributed by atoms with Crippen LogP contribution in [0, 0.1) is 0 Å². The fourth-order valence-electron chi connectivity index (χ4n) is 3.46. The largest absolute Gasteiger partial charge is 0.462 e. The third-order valence-electron chi connectivity index (χ3n) is 5.39. The Balaban J connectivity index is 3.80. The molecule has 0 aromatic heterocycles. The minimum absolute atomic E-state index is 0.243. The zero-order chi connectivity index (χ0) is 25.7. The highest BCUT2D eigenvalue weighted by Gasteiger charge is 2.33. The summed E-state index contributed by atoms with van der Waals surface area (Å²) in [5, 5.41) is 0. The van der Waals surface area contributed by atoms with Crippen molar-refractivity contribution in [1.29, 1.82) is 0 Å². The maximum Gasteiger partial charge on any atom is 0.358 e. The van der Waals surface area contributed by atoms with Crippen molar-refractivity contribution in [2.75, 3.05) is 13.2 Å². The van der Waals surface area contributed by atoms with E-state index in [1.165, 1.54) is 84.0 Å². The van der Waals surface area contributed by atoms with E-state index in [0.29, 0.717) is 6.42 Å². The van der Waals surface area contributed by atoms with Crippen molar-refractivity contribution in [3.63, 3.8) is 0 Å². The van der Waals surface area contributed by atoms with E-state index in [1.807, 2.05) is 0 Å². The maximum atomic E-state index is 12.1. The third-order valence-corrected chi connectivity index (χ3v) is 5.85. The van der Waals surface area contributed by atoms with Gasteiger partial charge in [-0.15, -0.1) is 0 Å². The summed E-state index contributed by atoms with van der Waals surface area (Å²) in [4.78, 5) is 34.7. The fraction of sp³-hybridized carbons (Fsp3) is 0.880. The van der Waals surface area contributed by atoms with Crippen molar-refractivity contribution in [2.24, 2.45) is 0 Å². The van der Waals surface area contributed by atoms with Crippen molar-refractivity contribution >= 4 is 52.7 Å². The van der Waals surface area contributed by atoms with E-state index in [-0.39, 0.29) is 19.6 Å². The molecule has 0 fully saturated rings. The molecule has 0 aliphatic carbocycles. The molecule has 0 radical (unpaired) electrons. The Morgan fingerprint density at radius 3 is 1.50 bits per heavy atom. The summed E-state index contributed by atoms with van der Waals surface area (Å²) in [6.45, 7) is 2.86. The topological polar surface area (TPSA) is 78.9 Å². The van der Waals surface area contributed by atoms with Crippen LogP contribution in [-0.2, 0) is 28.6 Å². The Morgan fingerprint density at radius 1 is 0.676 bits per heavy atom. The summed E-state index contributed by atoms with van der Waals surface area (Å²) >= 11 is 16.3. The zero-order valence-corrected chi connectivity index (χ0v) is 23.2. The van der Waals surface area contributed by atoms with E-state index >= 15 is 0 Å². The summed E-state index contributed by atoms with van der Waals surface area (Å²) in [6, 6.07) is 0. The van der Waals surface area contributed by atoms with Crippen LogP contribution >= 0.6 is 34.8 Å². The Morgan fingerprint density at radius 2 is 1.09 bits per heavy atom. The molecule has 0 aromatic rings. The number of rotatable bonds is 21. The number of hydrogen-bond acceptors (Lipinski definition) is 6. The smallest absolute Gasteiger partial charge is 0.358 e. The molecule has 0 saturated carbocycles. The molecular weight excluding hydrogens is 503 g/mol. The van der Waals surface area contributed by atoms with E-state index < -0.39 is 27.8 Å². The molecule has 0 heterocycles. The van der Waals surface area contributed by atoms with Gasteiger partial charge in [-0.05, 0) is 6.42 Å². The number of esters is 3. The van der Waals surface area contributed by atoms with Gasteiger partial charge < -0.3 is 14.2 Å². The van der Waals surface area contributed by atoms with Crippen LogP contribution in [0.2, 0.25) is 0 Å². The monoisotopic (exact) mass is 544 g/mol. The molecule has 0 aliphatic heterocycles. The lowest BCUT2D eigenvalue weighted by Crippen LogP contribution is -2.33. The molecule has 200 valence electrons. The molecule has 0 bridgehead atoms. The number of carbonyl (C=O) groups is 3. The highest BCUT2D eigenvalue weighted by molar-refractivity contribution is 6.75. The zero-order valence-electron chi connectivity index (χ0n) is 20.9. The first-order valence-electron chi connectivity index (χ1n) is 12.7. The number of unbranched alkanes of at least 4 members (excludes halogenated alkanes) is 14. The first-order chi connectivity index (χ1) is 16.2. The quantitative estimate of drug-likeness (QED) is 0.0638. The summed E-state index contributed by atoms with van der Waals surface area (Å²) in [7, 11) is 0. The summed E-state index contributed by atoms with van der Waals surface area (Å²) in [5.74, 6) is -2.09. The second-order valence-electron chi connectivity index (χ2n) is 8.71. The van der Waals surface area contributed by atoms with Crippen LogP contribution in [0.5, 0.6) is 0 Å². The molecule has 0 spiro atoms. The van der Waals surface area contributed by atoms with Crippen LogP contribution in [0.15, 0.2) is 0 Å². The molecule has 0 N–H and O–H groups in total. The molecule has 0 amide bonds. The lowest BCUT2D eigenvalue weighted by Gasteiger charge is -2.19. The molecule has 0 unspecified atom stereocenters. The van der Waals surface area contributed by atoms with E-state index in [4.69, 9.17) is 49.0 Å². The SMILES string of the molecule is CCCCCCCCCCCCCCCCCC(=O)O[C@H](COC(C)=O)COC(=O)C(Cl)(Cl)Cl. The average Bonchev–Trinajstić information content (AvgIpc) is 2.77. The van der Waals surface area contributed by atoms with Gasteiger partial charge >= 0.3 is 17.9 Å². The Kier molecular flexibility index (Phi) is 21.1. The molecule has 0 rings (SSSR count). The third kappa shape index (κ3) is 21.8. The van der Waals surface area contributed by atoms with Gasteiger partial charge in [0.25, 0.3) is 3.79 Å². The lowest BCUT2D eigenvalue weighted by atomic mass is 10.0. The highest BCUT2D eigenvalue weighted by Crippen LogP contribution is 2.27. The van der Waals surface area contributed by atoms with Crippen LogP contribution in [-0.4, -0.2) is 41.0 Å². The van der Waals surface area contributed by atoms with Crippen molar-refractivity contribution in [2.45, 2.75) is 126 Å². The number of alkyl halides is 3. The van der Waals surface area contributed by atoms with E-state index in [0.717, 1.165) is 12.8 Å². The second-order valence-corrected chi connectivity index (χ2v) is 11.0. The van der Waals surface area contributed by atoms with Gasteiger partial charge in [0.1, 0.15) is 13.2 Å². The van der Waals surface area contributed by atoms with Gasteiger partial charge in [0.15, 0.2) is 6.10 Å². The average molecular weight is 546 g/mol. The van der Waals surface area contributed by atoms with Gasteiger partial charge in [-0.3, -0.25) is 9.59 Å². The minimum atomic E-state index is -2.23. The summed E-state index contributed by atoms with van der Waals surface area (Å²) < 4.78 is 12.7. The van der Waals surface area contributed by atoms with Crippen molar-refractivity contribution in [3.05, 3.63) is 0 Å². The van der Waals surface area contributed by atoms with Crippen molar-refractivity contribution < 1.29 is 28.6 Å². The van der Waals surface area contributed by atoms with Crippen LogP contribution in [0.25, 0.3) is 0 Å². The van der Waals surface area contributed by atoms with Crippen molar-refractivity contribution in [1.82, 2.24) is 0 Å². The number of ether oxygens (including phenoxy) is 3. The second kappa shape index (κ2) is 21.6. The predicted molar refractivity (Wildman–Crippen MR) is 137 cm³/mol. The molecule has 1 atom stereocenters. The summed E-state index contributed by atoms with van der Waals surface area (Å²) in [5.41, 5.74) is 0. The van der Waals surface area contributed by atoms with Gasteiger partial charge in [-0.2, -0.15) is 0 Å². The Labute approximate surface area is 220 Å². The first-order valence-corrected chi connectivity index (χ1v) is 13.9. The molecule has 0 aliphatic rings. The standard InChI is InChI=1S/C25H43Cl3O6/c1-3-4-5-6-7-8-9-10-11-12-13-14-15-16-17-18-23(30)34-22(19-32-21(2)29)20-33-24(31)25(26,27)28/h22H,3-20H2,1-2H3/t22-/m1/s1. The molecule has 0 aromatic carbocycles. The van der Waals surface area contributed by atoms with Crippen LogP contribution in [0.3, 0.4) is 0 Å². The van der Waals surface area contributed by atoms with Gasteiger partial charge in [0, 0.05) is 13.3 Å². The van der Waals surface area contributed by atoms with Crippen molar-refractivity contribution in [3.8, 4) is 0 Å². The minimum Gasteiger partial charge on any atom is -0.462 e. The van der Waals surface area contributed by atoms with E-state index in [2.05, 4.69) is 6.92 Å². The van der Waals surface area contributed by atoms with Crippen LogP contribution in [0.4, 0.5) is 0 Å². The molecule has 0 saturated heterocycles. The van der Waals surface area contributed by atoms with E-state index in [9.17, 15) is 14.4 Å². The number of carbonyl (C=O) groups excluding carboxylic acids is 3. The maximum absolute atomic E-state index is 12.1. The van der Waals surface area contributed by atoms with Gasteiger partial charge in [-0.25, -0.2) is 4.79 Å².